The summed E-state index contributed by atoms with van der Waals surface area (Å²) in [6, 6.07) is 11.1. The average Bonchev–Trinajstić information content (AvgIpc) is 2.46. The maximum absolute atomic E-state index is 11.5. The Labute approximate surface area is 106 Å². The number of aromatic nitrogens is 1. The Hall–Kier alpha value is -2.16. The molecule has 0 aliphatic heterocycles. The van der Waals surface area contributed by atoms with Gasteiger partial charge >= 0.3 is 0 Å². The summed E-state index contributed by atoms with van der Waals surface area (Å²) in [4.78, 5) is 15.5. The van der Waals surface area contributed by atoms with Crippen LogP contribution in [0.15, 0.2) is 48.8 Å². The highest BCUT2D eigenvalue weighted by Crippen LogP contribution is 2.14. The van der Waals surface area contributed by atoms with Crippen LogP contribution in [-0.4, -0.2) is 10.8 Å². The highest BCUT2D eigenvalue weighted by molar-refractivity contribution is 5.95. The van der Waals surface area contributed by atoms with Crippen LogP contribution in [0.2, 0.25) is 0 Å². The lowest BCUT2D eigenvalue weighted by molar-refractivity contribution is 0.0988. The lowest BCUT2D eigenvalue weighted by Crippen LogP contribution is -1.98. The fraction of sp³-hybridized carbons (Fsp3) is 0.200. The van der Waals surface area contributed by atoms with E-state index in [1.807, 2.05) is 31.2 Å². The third kappa shape index (κ3) is 3.17. The Morgan fingerprint density at radius 1 is 1.22 bits per heavy atom. The molecule has 0 fully saturated rings. The Bertz CT molecular complexity index is 506. The number of ether oxygens (including phenoxy) is 1. The predicted octanol–water partition coefficient (Wildman–Crippen LogP) is 3.25. The minimum atomic E-state index is 0.147. The van der Waals surface area contributed by atoms with Crippen molar-refractivity contribution in [3.8, 4) is 5.75 Å². The first-order valence-electron chi connectivity index (χ1n) is 5.94. The van der Waals surface area contributed by atoms with Gasteiger partial charge in [0.25, 0.3) is 0 Å². The summed E-state index contributed by atoms with van der Waals surface area (Å²) in [6.45, 7) is 2.34. The molecule has 1 heterocycles. The van der Waals surface area contributed by atoms with E-state index in [4.69, 9.17) is 4.74 Å². The van der Waals surface area contributed by atoms with Crippen molar-refractivity contribution in [2.24, 2.45) is 0 Å². The highest BCUT2D eigenvalue weighted by atomic mass is 16.5. The molecule has 0 atom stereocenters. The van der Waals surface area contributed by atoms with E-state index in [0.717, 1.165) is 16.9 Å². The first kappa shape index (κ1) is 12.3. The van der Waals surface area contributed by atoms with Crippen LogP contribution in [0.25, 0.3) is 0 Å². The molecule has 2 rings (SSSR count). The minimum Gasteiger partial charge on any atom is -0.489 e. The largest absolute Gasteiger partial charge is 0.489 e. The predicted molar refractivity (Wildman–Crippen MR) is 69.6 cm³/mol. The third-order valence-corrected chi connectivity index (χ3v) is 2.63. The summed E-state index contributed by atoms with van der Waals surface area (Å²) >= 11 is 0. The van der Waals surface area contributed by atoms with E-state index in [1.54, 1.807) is 24.5 Å². The average molecular weight is 241 g/mol. The van der Waals surface area contributed by atoms with Crippen molar-refractivity contribution in [3.63, 3.8) is 0 Å². The molecule has 0 N–H and O–H groups in total. The second kappa shape index (κ2) is 5.96. The third-order valence-electron chi connectivity index (χ3n) is 2.63. The molecule has 0 unspecified atom stereocenters. The van der Waals surface area contributed by atoms with Crippen molar-refractivity contribution >= 4 is 5.78 Å². The number of nitrogens with zero attached hydrogens (tertiary/aromatic N) is 1. The van der Waals surface area contributed by atoms with E-state index >= 15 is 0 Å². The normalized spacial score (nSPS) is 10.1. The molecule has 0 bridgehead atoms. The molecule has 0 saturated heterocycles. The summed E-state index contributed by atoms with van der Waals surface area (Å²) in [5, 5.41) is 0. The van der Waals surface area contributed by atoms with Crippen LogP contribution in [0.5, 0.6) is 5.75 Å². The number of pyridine rings is 1. The van der Waals surface area contributed by atoms with Crippen molar-refractivity contribution in [1.82, 2.24) is 4.98 Å². The van der Waals surface area contributed by atoms with Crippen LogP contribution < -0.4 is 4.74 Å². The van der Waals surface area contributed by atoms with Gasteiger partial charge in [-0.25, -0.2) is 0 Å². The number of Topliss-reactive ketones (excluding diaryl/α,β-unsaturated/α-hetero) is 1. The first-order chi connectivity index (χ1) is 8.79. The number of carbonyl (C=O) groups excluding carboxylic acids is 1. The smallest absolute Gasteiger partial charge is 0.162 e. The van der Waals surface area contributed by atoms with Crippen molar-refractivity contribution < 1.29 is 9.53 Å². The Kier molecular flexibility index (Phi) is 4.07. The summed E-state index contributed by atoms with van der Waals surface area (Å²) in [7, 11) is 0. The second-order valence-electron chi connectivity index (χ2n) is 3.95. The number of hydrogen-bond donors (Lipinski definition) is 0. The molecule has 0 spiro atoms. The molecule has 1 aromatic carbocycles. The first-order valence-corrected chi connectivity index (χ1v) is 5.94. The molecular weight excluding hydrogens is 226 g/mol. The van der Waals surface area contributed by atoms with Gasteiger partial charge in [0.05, 0.1) is 0 Å². The number of carbonyl (C=O) groups is 1. The zero-order valence-electron chi connectivity index (χ0n) is 10.3. The zero-order valence-corrected chi connectivity index (χ0v) is 10.3. The second-order valence-corrected chi connectivity index (χ2v) is 3.95. The topological polar surface area (TPSA) is 39.2 Å². The van der Waals surface area contributed by atoms with Crippen LogP contribution in [0, 0.1) is 0 Å². The van der Waals surface area contributed by atoms with E-state index in [2.05, 4.69) is 4.98 Å². The van der Waals surface area contributed by atoms with Gasteiger partial charge in [-0.3, -0.25) is 9.78 Å². The molecule has 1 aromatic heterocycles. The van der Waals surface area contributed by atoms with Crippen molar-refractivity contribution in [2.45, 2.75) is 20.0 Å². The van der Waals surface area contributed by atoms with Gasteiger partial charge in [-0.15, -0.1) is 0 Å². The van der Waals surface area contributed by atoms with Crippen molar-refractivity contribution in [2.75, 3.05) is 0 Å². The summed E-state index contributed by atoms with van der Waals surface area (Å²) in [5.74, 6) is 0.903. The van der Waals surface area contributed by atoms with Crippen LogP contribution in [0.1, 0.15) is 29.3 Å². The van der Waals surface area contributed by atoms with E-state index in [9.17, 15) is 4.79 Å². The van der Waals surface area contributed by atoms with Gasteiger partial charge in [0, 0.05) is 29.9 Å². The van der Waals surface area contributed by atoms with E-state index in [1.165, 1.54) is 0 Å². The maximum atomic E-state index is 11.5. The zero-order chi connectivity index (χ0) is 12.8. The lowest BCUT2D eigenvalue weighted by Gasteiger charge is -2.06. The van der Waals surface area contributed by atoms with Gasteiger partial charge < -0.3 is 4.74 Å². The van der Waals surface area contributed by atoms with Crippen molar-refractivity contribution in [3.05, 3.63) is 59.9 Å². The Morgan fingerprint density at radius 2 is 2.00 bits per heavy atom. The SMILES string of the molecule is CCC(=O)c1ccc(OCc2cccnc2)cc1. The Balaban J connectivity index is 1.97. The fourth-order valence-corrected chi connectivity index (χ4v) is 1.59. The van der Waals surface area contributed by atoms with Gasteiger partial charge in [0.15, 0.2) is 5.78 Å². The monoisotopic (exact) mass is 241 g/mol. The van der Waals surface area contributed by atoms with E-state index < -0.39 is 0 Å². The van der Waals surface area contributed by atoms with Gasteiger partial charge in [-0.2, -0.15) is 0 Å². The van der Waals surface area contributed by atoms with Gasteiger partial charge in [0.1, 0.15) is 12.4 Å². The summed E-state index contributed by atoms with van der Waals surface area (Å²) in [5.41, 5.74) is 1.75. The van der Waals surface area contributed by atoms with E-state index in [0.29, 0.717) is 13.0 Å². The molecule has 0 amide bonds. The minimum absolute atomic E-state index is 0.147. The molecule has 2 aromatic rings. The molecule has 0 saturated carbocycles. The molecule has 92 valence electrons. The van der Waals surface area contributed by atoms with Gasteiger partial charge in [-0.1, -0.05) is 13.0 Å². The molecular formula is C15H15NO2. The molecule has 3 heteroatoms. The van der Waals surface area contributed by atoms with Crippen LogP contribution in [0.4, 0.5) is 0 Å². The quantitative estimate of drug-likeness (QED) is 0.754. The summed E-state index contributed by atoms with van der Waals surface area (Å²) in [6.07, 6.45) is 4.03. The molecule has 3 nitrogen and oxygen atoms in total. The van der Waals surface area contributed by atoms with Gasteiger partial charge in [-0.05, 0) is 30.3 Å². The number of ketones is 1. The lowest BCUT2D eigenvalue weighted by atomic mass is 10.1. The van der Waals surface area contributed by atoms with Gasteiger partial charge in [0.2, 0.25) is 0 Å². The van der Waals surface area contributed by atoms with Crippen LogP contribution in [0.3, 0.4) is 0 Å². The number of rotatable bonds is 5. The Morgan fingerprint density at radius 3 is 2.61 bits per heavy atom. The molecule has 18 heavy (non-hydrogen) atoms. The number of benzene rings is 1. The number of hydrogen-bond acceptors (Lipinski definition) is 3. The standard InChI is InChI=1S/C15H15NO2/c1-2-15(17)13-5-7-14(8-6-13)18-11-12-4-3-9-16-10-12/h3-10H,2,11H2,1H3. The molecule has 0 aliphatic rings. The molecule has 0 radical (unpaired) electrons. The van der Waals surface area contributed by atoms with E-state index in [-0.39, 0.29) is 5.78 Å². The molecule has 0 aliphatic carbocycles. The highest BCUT2D eigenvalue weighted by Gasteiger charge is 2.02. The van der Waals surface area contributed by atoms with Crippen LogP contribution >= 0.6 is 0 Å². The fourth-order valence-electron chi connectivity index (χ4n) is 1.59. The van der Waals surface area contributed by atoms with Crippen LogP contribution in [-0.2, 0) is 6.61 Å². The van der Waals surface area contributed by atoms with Crippen molar-refractivity contribution in [1.29, 1.82) is 0 Å². The summed E-state index contributed by atoms with van der Waals surface area (Å²) < 4.78 is 5.61. The maximum Gasteiger partial charge on any atom is 0.162 e.